The summed E-state index contributed by atoms with van der Waals surface area (Å²) >= 11 is 0. The first kappa shape index (κ1) is 19.8. The van der Waals surface area contributed by atoms with E-state index in [1.54, 1.807) is 24.4 Å². The molecule has 0 radical (unpaired) electrons. The number of non-ortho nitro benzene ring substituents is 1. The molecule has 140 valence electrons. The third kappa shape index (κ3) is 5.01. The van der Waals surface area contributed by atoms with Gasteiger partial charge in [0.15, 0.2) is 5.69 Å². The number of hydrogen-bond donors (Lipinski definition) is 2. The second kappa shape index (κ2) is 9.27. The molecule has 3 rings (SSSR count). The van der Waals surface area contributed by atoms with Crippen molar-refractivity contribution in [2.75, 3.05) is 39.3 Å². The highest BCUT2D eigenvalue weighted by Gasteiger charge is 2.13. The van der Waals surface area contributed by atoms with Crippen LogP contribution in [-0.4, -0.2) is 64.8 Å². The summed E-state index contributed by atoms with van der Waals surface area (Å²) in [6.07, 6.45) is 1.66. The molecule has 26 heavy (non-hydrogen) atoms. The lowest BCUT2D eigenvalue weighted by Gasteiger charge is -2.26. The van der Waals surface area contributed by atoms with Crippen molar-refractivity contribution in [3.8, 4) is 5.69 Å². The number of aromatic nitrogens is 2. The summed E-state index contributed by atoms with van der Waals surface area (Å²) in [5.74, 6) is -0.226. The van der Waals surface area contributed by atoms with E-state index in [4.69, 9.17) is 0 Å². The lowest BCUT2D eigenvalue weighted by atomic mass is 10.3. The molecule has 1 fully saturated rings. The van der Waals surface area contributed by atoms with Crippen LogP contribution in [0, 0.1) is 10.1 Å². The van der Waals surface area contributed by atoms with Gasteiger partial charge in [-0.15, -0.1) is 12.4 Å². The molecule has 0 aliphatic carbocycles. The molecule has 0 bridgehead atoms. The van der Waals surface area contributed by atoms with Crippen LogP contribution in [-0.2, 0) is 0 Å². The van der Waals surface area contributed by atoms with Crippen LogP contribution in [0.2, 0.25) is 0 Å². The Labute approximate surface area is 156 Å². The van der Waals surface area contributed by atoms with Crippen LogP contribution in [0.5, 0.6) is 0 Å². The number of benzene rings is 1. The fourth-order valence-electron chi connectivity index (χ4n) is 2.67. The minimum atomic E-state index is -0.454. The highest BCUT2D eigenvalue weighted by Crippen LogP contribution is 2.14. The number of nitro benzene ring substituents is 1. The minimum absolute atomic E-state index is 0. The van der Waals surface area contributed by atoms with Crippen molar-refractivity contribution < 1.29 is 9.72 Å². The van der Waals surface area contributed by atoms with Crippen LogP contribution >= 0.6 is 12.4 Å². The number of piperazine rings is 1. The smallest absolute Gasteiger partial charge is 0.271 e. The number of nitrogens with zero attached hydrogens (tertiary/aromatic N) is 4. The predicted molar refractivity (Wildman–Crippen MR) is 99.1 cm³/mol. The van der Waals surface area contributed by atoms with Crippen molar-refractivity contribution in [2.24, 2.45) is 0 Å². The monoisotopic (exact) mass is 380 g/mol. The van der Waals surface area contributed by atoms with Gasteiger partial charge in [-0.2, -0.15) is 5.10 Å². The largest absolute Gasteiger partial charge is 0.349 e. The van der Waals surface area contributed by atoms with Gasteiger partial charge in [-0.3, -0.25) is 19.8 Å². The Bertz CT molecular complexity index is 743. The maximum atomic E-state index is 12.2. The van der Waals surface area contributed by atoms with Crippen molar-refractivity contribution in [2.45, 2.75) is 0 Å². The molecule has 9 nitrogen and oxygen atoms in total. The number of amides is 1. The molecule has 2 aromatic rings. The van der Waals surface area contributed by atoms with Gasteiger partial charge in [0.2, 0.25) is 0 Å². The normalized spacial score (nSPS) is 14.5. The van der Waals surface area contributed by atoms with Crippen LogP contribution < -0.4 is 10.6 Å². The molecule has 1 aromatic heterocycles. The topological polar surface area (TPSA) is 105 Å². The first-order valence-electron chi connectivity index (χ1n) is 8.15. The van der Waals surface area contributed by atoms with E-state index in [2.05, 4.69) is 20.6 Å². The lowest BCUT2D eigenvalue weighted by molar-refractivity contribution is -0.384. The number of hydrogen-bond acceptors (Lipinski definition) is 6. The van der Waals surface area contributed by atoms with Crippen LogP contribution in [0.1, 0.15) is 10.5 Å². The van der Waals surface area contributed by atoms with E-state index in [0.29, 0.717) is 17.9 Å². The van der Waals surface area contributed by atoms with E-state index in [0.717, 1.165) is 32.7 Å². The van der Waals surface area contributed by atoms with Crippen LogP contribution in [0.25, 0.3) is 5.69 Å². The summed E-state index contributed by atoms with van der Waals surface area (Å²) in [5, 5.41) is 21.1. The fourth-order valence-corrected chi connectivity index (χ4v) is 2.67. The van der Waals surface area contributed by atoms with Crippen molar-refractivity contribution in [1.82, 2.24) is 25.3 Å². The average Bonchev–Trinajstić information content (AvgIpc) is 3.13. The molecule has 1 amide bonds. The first-order valence-corrected chi connectivity index (χ1v) is 8.15. The Kier molecular flexibility index (Phi) is 7.07. The molecule has 0 saturated carbocycles. The molecule has 10 heteroatoms. The van der Waals surface area contributed by atoms with Gasteiger partial charge < -0.3 is 10.6 Å². The number of nitro groups is 1. The van der Waals surface area contributed by atoms with Crippen molar-refractivity contribution >= 4 is 24.0 Å². The maximum absolute atomic E-state index is 12.2. The molecule has 0 atom stereocenters. The van der Waals surface area contributed by atoms with E-state index < -0.39 is 4.92 Å². The molecule has 1 aliphatic heterocycles. The molecule has 1 aliphatic rings. The van der Waals surface area contributed by atoms with Crippen LogP contribution in [0.15, 0.2) is 36.5 Å². The Morgan fingerprint density at radius 2 is 1.92 bits per heavy atom. The van der Waals surface area contributed by atoms with Crippen molar-refractivity contribution in [3.63, 3.8) is 0 Å². The zero-order valence-corrected chi connectivity index (χ0v) is 14.9. The maximum Gasteiger partial charge on any atom is 0.271 e. The third-order valence-corrected chi connectivity index (χ3v) is 4.07. The summed E-state index contributed by atoms with van der Waals surface area (Å²) in [5.41, 5.74) is 0.992. The Morgan fingerprint density at radius 1 is 1.23 bits per heavy atom. The van der Waals surface area contributed by atoms with E-state index in [-0.39, 0.29) is 24.0 Å². The van der Waals surface area contributed by atoms with Gasteiger partial charge in [0.1, 0.15) is 0 Å². The van der Waals surface area contributed by atoms with E-state index >= 15 is 0 Å². The Hall–Kier alpha value is -2.49. The number of carbonyl (C=O) groups excluding carboxylic acids is 1. The Morgan fingerprint density at radius 3 is 2.58 bits per heavy atom. The molecule has 1 saturated heterocycles. The van der Waals surface area contributed by atoms with Gasteiger partial charge in [-0.25, -0.2) is 4.68 Å². The molecule has 1 aromatic carbocycles. The van der Waals surface area contributed by atoms with Gasteiger partial charge in [-0.1, -0.05) is 0 Å². The van der Waals surface area contributed by atoms with Gasteiger partial charge in [0.05, 0.1) is 10.6 Å². The fraction of sp³-hybridized carbons (Fsp3) is 0.375. The molecule has 0 spiro atoms. The molecule has 0 unspecified atom stereocenters. The van der Waals surface area contributed by atoms with Gasteiger partial charge in [0, 0.05) is 57.6 Å². The SMILES string of the molecule is Cl.O=C(NCCN1CCNCC1)c1ccn(-c2ccc([N+](=O)[O-])cc2)n1. The van der Waals surface area contributed by atoms with Gasteiger partial charge in [-0.05, 0) is 18.2 Å². The third-order valence-electron chi connectivity index (χ3n) is 4.07. The molecular formula is C16H21ClN6O3. The summed E-state index contributed by atoms with van der Waals surface area (Å²) in [4.78, 5) is 24.7. The predicted octanol–water partition coefficient (Wildman–Crippen LogP) is 0.837. The first-order chi connectivity index (χ1) is 12.1. The lowest BCUT2D eigenvalue weighted by Crippen LogP contribution is -2.46. The molecular weight excluding hydrogens is 360 g/mol. The quantitative estimate of drug-likeness (QED) is 0.568. The number of carbonyl (C=O) groups is 1. The number of halogens is 1. The van der Waals surface area contributed by atoms with Crippen LogP contribution in [0.4, 0.5) is 5.69 Å². The zero-order valence-electron chi connectivity index (χ0n) is 14.1. The summed E-state index contributed by atoms with van der Waals surface area (Å²) in [6.45, 7) is 5.33. The van der Waals surface area contributed by atoms with Crippen molar-refractivity contribution in [3.05, 3.63) is 52.3 Å². The highest BCUT2D eigenvalue weighted by molar-refractivity contribution is 5.92. The van der Waals surface area contributed by atoms with E-state index in [9.17, 15) is 14.9 Å². The summed E-state index contributed by atoms with van der Waals surface area (Å²) < 4.78 is 1.52. The highest BCUT2D eigenvalue weighted by atomic mass is 35.5. The van der Waals surface area contributed by atoms with E-state index in [1.807, 2.05) is 0 Å². The zero-order chi connectivity index (χ0) is 17.6. The standard InChI is InChI=1S/C16H20N6O3.ClH/c23-16(18-8-12-20-10-6-17-7-11-20)15-5-9-21(19-15)13-1-3-14(4-2-13)22(24)25;/h1-5,9,17H,6-8,10-12H2,(H,18,23);1H. The van der Waals surface area contributed by atoms with E-state index in [1.165, 1.54) is 16.8 Å². The molecule has 2 heterocycles. The molecule has 2 N–H and O–H groups in total. The average molecular weight is 381 g/mol. The second-order valence-corrected chi connectivity index (χ2v) is 5.77. The second-order valence-electron chi connectivity index (χ2n) is 5.77. The van der Waals surface area contributed by atoms with Gasteiger partial charge >= 0.3 is 0 Å². The number of nitrogens with one attached hydrogen (secondary N) is 2. The summed E-state index contributed by atoms with van der Waals surface area (Å²) in [6, 6.07) is 7.63. The van der Waals surface area contributed by atoms with Crippen molar-refractivity contribution in [1.29, 1.82) is 0 Å². The van der Waals surface area contributed by atoms with Gasteiger partial charge in [0.25, 0.3) is 11.6 Å². The van der Waals surface area contributed by atoms with Crippen LogP contribution in [0.3, 0.4) is 0 Å². The summed E-state index contributed by atoms with van der Waals surface area (Å²) in [7, 11) is 0. The Balaban J connectivity index is 0.00000243. The minimum Gasteiger partial charge on any atom is -0.349 e. The number of rotatable bonds is 6.